The van der Waals surface area contributed by atoms with Gasteiger partial charge in [-0.2, -0.15) is 15.0 Å². The van der Waals surface area contributed by atoms with E-state index >= 15 is 0 Å². The number of piperazine rings is 1. The minimum atomic E-state index is -0.303. The molecule has 0 bridgehead atoms. The fourth-order valence-electron chi connectivity index (χ4n) is 3.57. The van der Waals surface area contributed by atoms with Crippen molar-refractivity contribution in [2.75, 3.05) is 42.1 Å². The number of thiophene rings is 1. The van der Waals surface area contributed by atoms with Crippen molar-refractivity contribution < 1.29 is 4.39 Å². The molecular formula is C20H20FN9S. The Morgan fingerprint density at radius 1 is 1.00 bits per heavy atom. The summed E-state index contributed by atoms with van der Waals surface area (Å²) in [5.74, 6) is 1.76. The van der Waals surface area contributed by atoms with Gasteiger partial charge in [0.25, 0.3) is 0 Å². The van der Waals surface area contributed by atoms with Gasteiger partial charge in [0, 0.05) is 31.9 Å². The molecule has 31 heavy (non-hydrogen) atoms. The quantitative estimate of drug-likeness (QED) is 0.487. The number of nitrogens with two attached hydrogens (primary N) is 1. The third-order valence-electron chi connectivity index (χ3n) is 5.08. The van der Waals surface area contributed by atoms with Crippen molar-refractivity contribution in [3.8, 4) is 0 Å². The standard InChI is InChI=1S/C20H20FN9S/c21-13-1-3-14(4-2-13)25-20-27-16(26-19(22)28-20)11-29-6-8-30(9-7-29)17-15-5-10-31-18(15)24-12-23-17/h1-5,10,12H,6-9,11H2,(H3,22,25,26,27,28). The second-order valence-corrected chi connectivity index (χ2v) is 8.06. The summed E-state index contributed by atoms with van der Waals surface area (Å²) >= 11 is 1.62. The van der Waals surface area contributed by atoms with Gasteiger partial charge in [-0.25, -0.2) is 14.4 Å². The topological polar surface area (TPSA) is 109 Å². The fraction of sp³-hybridized carbons (Fsp3) is 0.250. The van der Waals surface area contributed by atoms with Crippen molar-refractivity contribution in [2.24, 2.45) is 0 Å². The smallest absolute Gasteiger partial charge is 0.232 e. The summed E-state index contributed by atoms with van der Waals surface area (Å²) < 4.78 is 13.1. The van der Waals surface area contributed by atoms with E-state index < -0.39 is 0 Å². The van der Waals surface area contributed by atoms with Crippen LogP contribution >= 0.6 is 11.3 Å². The maximum Gasteiger partial charge on any atom is 0.232 e. The number of anilines is 4. The molecule has 4 aromatic rings. The Kier molecular flexibility index (Phi) is 5.26. The Hall–Kier alpha value is -3.44. The SMILES string of the molecule is Nc1nc(CN2CCN(c3ncnc4sccc34)CC2)nc(Nc2ccc(F)cc2)n1. The van der Waals surface area contributed by atoms with Gasteiger partial charge < -0.3 is 16.0 Å². The first-order valence-electron chi connectivity index (χ1n) is 9.82. The van der Waals surface area contributed by atoms with Gasteiger partial charge in [-0.3, -0.25) is 4.90 Å². The number of halogens is 1. The van der Waals surface area contributed by atoms with Crippen LogP contribution in [0.1, 0.15) is 5.82 Å². The van der Waals surface area contributed by atoms with Crippen LogP contribution in [0.15, 0.2) is 42.0 Å². The number of hydrogen-bond acceptors (Lipinski definition) is 10. The lowest BCUT2D eigenvalue weighted by Gasteiger charge is -2.35. The first kappa shape index (κ1) is 19.5. The molecule has 0 radical (unpaired) electrons. The summed E-state index contributed by atoms with van der Waals surface area (Å²) in [5, 5.41) is 6.19. The zero-order valence-corrected chi connectivity index (χ0v) is 17.4. The van der Waals surface area contributed by atoms with Gasteiger partial charge in [-0.1, -0.05) is 0 Å². The zero-order chi connectivity index (χ0) is 21.2. The molecule has 0 amide bonds. The van der Waals surface area contributed by atoms with Crippen LogP contribution in [0.4, 0.5) is 27.8 Å². The van der Waals surface area contributed by atoms with E-state index in [0.717, 1.165) is 42.2 Å². The van der Waals surface area contributed by atoms with Gasteiger partial charge in [0.05, 0.1) is 11.9 Å². The van der Waals surface area contributed by atoms with Crippen molar-refractivity contribution >= 4 is 45.0 Å². The summed E-state index contributed by atoms with van der Waals surface area (Å²) in [6, 6.07) is 8.05. The molecule has 1 aliphatic heterocycles. The summed E-state index contributed by atoms with van der Waals surface area (Å²) in [7, 11) is 0. The highest BCUT2D eigenvalue weighted by Gasteiger charge is 2.21. The third-order valence-corrected chi connectivity index (χ3v) is 5.90. The lowest BCUT2D eigenvalue weighted by molar-refractivity contribution is 0.243. The molecule has 4 heterocycles. The van der Waals surface area contributed by atoms with Gasteiger partial charge in [-0.15, -0.1) is 11.3 Å². The predicted octanol–water partition coefficient (Wildman–Crippen LogP) is 2.66. The lowest BCUT2D eigenvalue weighted by atomic mass is 10.2. The Balaban J connectivity index is 1.24. The Morgan fingerprint density at radius 3 is 2.61 bits per heavy atom. The molecule has 1 aliphatic rings. The molecule has 0 spiro atoms. The van der Waals surface area contributed by atoms with E-state index in [9.17, 15) is 4.39 Å². The highest BCUT2D eigenvalue weighted by Crippen LogP contribution is 2.27. The fourth-order valence-corrected chi connectivity index (χ4v) is 4.30. The minimum absolute atomic E-state index is 0.147. The second-order valence-electron chi connectivity index (χ2n) is 7.17. The summed E-state index contributed by atoms with van der Waals surface area (Å²) in [6.07, 6.45) is 1.63. The molecule has 1 aromatic carbocycles. The molecule has 9 nitrogen and oxygen atoms in total. The summed E-state index contributed by atoms with van der Waals surface area (Å²) in [6.45, 7) is 3.96. The number of hydrogen-bond donors (Lipinski definition) is 2. The molecule has 0 atom stereocenters. The highest BCUT2D eigenvalue weighted by molar-refractivity contribution is 7.16. The monoisotopic (exact) mass is 437 g/mol. The molecule has 3 aromatic heterocycles. The van der Waals surface area contributed by atoms with Crippen LogP contribution in [-0.2, 0) is 6.54 Å². The number of benzene rings is 1. The molecule has 0 saturated carbocycles. The van der Waals surface area contributed by atoms with Crippen molar-refractivity contribution in [1.29, 1.82) is 0 Å². The van der Waals surface area contributed by atoms with Crippen LogP contribution in [0.3, 0.4) is 0 Å². The van der Waals surface area contributed by atoms with Crippen molar-refractivity contribution in [3.63, 3.8) is 0 Å². The van der Waals surface area contributed by atoms with Gasteiger partial charge in [-0.05, 0) is 35.7 Å². The van der Waals surface area contributed by atoms with E-state index in [4.69, 9.17) is 5.73 Å². The average Bonchev–Trinajstić information content (AvgIpc) is 3.25. The van der Waals surface area contributed by atoms with E-state index in [2.05, 4.69) is 46.1 Å². The maximum absolute atomic E-state index is 13.1. The maximum atomic E-state index is 13.1. The molecule has 3 N–H and O–H groups in total. The zero-order valence-electron chi connectivity index (χ0n) is 16.6. The van der Waals surface area contributed by atoms with Crippen LogP contribution in [0.5, 0.6) is 0 Å². The van der Waals surface area contributed by atoms with E-state index in [1.54, 1.807) is 29.8 Å². The van der Waals surface area contributed by atoms with Crippen molar-refractivity contribution in [1.82, 2.24) is 29.8 Å². The van der Waals surface area contributed by atoms with Gasteiger partial charge >= 0.3 is 0 Å². The molecular weight excluding hydrogens is 417 g/mol. The highest BCUT2D eigenvalue weighted by atomic mass is 32.1. The molecule has 0 aliphatic carbocycles. The number of nitrogens with one attached hydrogen (secondary N) is 1. The molecule has 0 unspecified atom stereocenters. The second kappa shape index (κ2) is 8.36. The number of rotatable bonds is 5. The van der Waals surface area contributed by atoms with Crippen LogP contribution in [0, 0.1) is 5.82 Å². The number of fused-ring (bicyclic) bond motifs is 1. The van der Waals surface area contributed by atoms with E-state index in [1.165, 1.54) is 12.1 Å². The van der Waals surface area contributed by atoms with E-state index in [1.807, 2.05) is 5.38 Å². The van der Waals surface area contributed by atoms with Crippen LogP contribution in [0.2, 0.25) is 0 Å². The summed E-state index contributed by atoms with van der Waals surface area (Å²) in [5.41, 5.74) is 6.56. The number of aromatic nitrogens is 5. The molecule has 1 fully saturated rings. The molecule has 11 heteroatoms. The largest absolute Gasteiger partial charge is 0.368 e. The van der Waals surface area contributed by atoms with E-state index in [-0.39, 0.29) is 11.8 Å². The van der Waals surface area contributed by atoms with Crippen LogP contribution in [-0.4, -0.2) is 56.0 Å². The summed E-state index contributed by atoms with van der Waals surface area (Å²) in [4.78, 5) is 27.3. The minimum Gasteiger partial charge on any atom is -0.368 e. The normalized spacial score (nSPS) is 14.8. The average molecular weight is 438 g/mol. The predicted molar refractivity (Wildman–Crippen MR) is 119 cm³/mol. The first-order valence-corrected chi connectivity index (χ1v) is 10.7. The van der Waals surface area contributed by atoms with E-state index in [0.29, 0.717) is 24.0 Å². The lowest BCUT2D eigenvalue weighted by Crippen LogP contribution is -2.46. The van der Waals surface area contributed by atoms with Crippen molar-refractivity contribution in [3.05, 3.63) is 53.7 Å². The molecule has 5 rings (SSSR count). The van der Waals surface area contributed by atoms with Crippen molar-refractivity contribution in [2.45, 2.75) is 6.54 Å². The Labute approximate surface area is 181 Å². The molecule has 1 saturated heterocycles. The first-order chi connectivity index (χ1) is 15.1. The number of nitrogens with zero attached hydrogens (tertiary/aromatic N) is 7. The van der Waals surface area contributed by atoms with Crippen LogP contribution in [0.25, 0.3) is 10.2 Å². The number of nitrogen functional groups attached to an aromatic ring is 1. The molecule has 158 valence electrons. The third kappa shape index (κ3) is 4.37. The Morgan fingerprint density at radius 2 is 1.81 bits per heavy atom. The van der Waals surface area contributed by atoms with Gasteiger partial charge in [0.1, 0.15) is 28.6 Å². The van der Waals surface area contributed by atoms with Gasteiger partial charge in [0.2, 0.25) is 11.9 Å². The van der Waals surface area contributed by atoms with Gasteiger partial charge in [0.15, 0.2) is 0 Å². The van der Waals surface area contributed by atoms with Crippen LogP contribution < -0.4 is 16.0 Å². The Bertz CT molecular complexity index is 1190.